The van der Waals surface area contributed by atoms with Gasteiger partial charge in [-0.05, 0) is 12.8 Å². The van der Waals surface area contributed by atoms with E-state index in [1.807, 2.05) is 0 Å². The predicted molar refractivity (Wildman–Crippen MR) is 68.9 cm³/mol. The molecule has 0 aliphatic carbocycles. The van der Waals surface area contributed by atoms with E-state index in [1.54, 1.807) is 12.4 Å². The van der Waals surface area contributed by atoms with Crippen molar-refractivity contribution >= 4 is 12.0 Å². The molecule has 1 aromatic rings. The number of aromatic amines is 1. The van der Waals surface area contributed by atoms with Crippen LogP contribution < -0.4 is 10.6 Å². The molecule has 0 aromatic carbocycles. The lowest BCUT2D eigenvalue weighted by molar-refractivity contribution is -0.154. The fourth-order valence-electron chi connectivity index (χ4n) is 2.10. The molecule has 0 saturated carbocycles. The number of urea groups is 1. The second-order valence-electron chi connectivity index (χ2n) is 4.84. The molecular weight excluding hydrogens is 264 g/mol. The summed E-state index contributed by atoms with van der Waals surface area (Å²) in [6.07, 6.45) is 4.10. The third kappa shape index (κ3) is 3.47. The zero-order chi connectivity index (χ0) is 14.4. The van der Waals surface area contributed by atoms with Crippen molar-refractivity contribution in [1.29, 1.82) is 0 Å². The summed E-state index contributed by atoms with van der Waals surface area (Å²) in [4.78, 5) is 23.1. The number of aromatic nitrogens is 2. The normalized spacial score (nSPS) is 17.4. The molecule has 0 atom stereocenters. The van der Waals surface area contributed by atoms with Crippen molar-refractivity contribution in [1.82, 2.24) is 20.8 Å². The summed E-state index contributed by atoms with van der Waals surface area (Å²) < 4.78 is 5.18. The van der Waals surface area contributed by atoms with Crippen molar-refractivity contribution in [2.75, 3.05) is 19.8 Å². The number of nitrogens with one attached hydrogen (secondary N) is 3. The van der Waals surface area contributed by atoms with E-state index in [2.05, 4.69) is 20.8 Å². The maximum Gasteiger partial charge on any atom is 0.315 e. The number of carboxylic acids is 1. The molecule has 1 aromatic heterocycles. The van der Waals surface area contributed by atoms with Crippen LogP contribution >= 0.6 is 0 Å². The van der Waals surface area contributed by atoms with Crippen LogP contribution in [0.25, 0.3) is 0 Å². The third-order valence-electron chi connectivity index (χ3n) is 3.50. The molecule has 4 N–H and O–H groups in total. The first kappa shape index (κ1) is 14.3. The first-order valence-electron chi connectivity index (χ1n) is 6.43. The van der Waals surface area contributed by atoms with Crippen LogP contribution in [0.3, 0.4) is 0 Å². The fraction of sp³-hybridized carbons (Fsp3) is 0.583. The van der Waals surface area contributed by atoms with Gasteiger partial charge in [0.25, 0.3) is 0 Å². The van der Waals surface area contributed by atoms with Gasteiger partial charge in [0.15, 0.2) is 0 Å². The highest BCUT2D eigenvalue weighted by Crippen LogP contribution is 2.29. The molecule has 110 valence electrons. The van der Waals surface area contributed by atoms with Crippen molar-refractivity contribution in [3.05, 3.63) is 18.0 Å². The zero-order valence-corrected chi connectivity index (χ0v) is 11.0. The molecule has 0 spiro atoms. The highest BCUT2D eigenvalue weighted by atomic mass is 16.5. The van der Waals surface area contributed by atoms with Gasteiger partial charge in [-0.3, -0.25) is 9.89 Å². The van der Waals surface area contributed by atoms with Crippen molar-refractivity contribution < 1.29 is 19.4 Å². The SMILES string of the molecule is O=C(NCc1cn[nH]c1)NCC1(C(=O)O)CCOCC1. The van der Waals surface area contributed by atoms with E-state index in [9.17, 15) is 14.7 Å². The Kier molecular flexibility index (Phi) is 4.57. The van der Waals surface area contributed by atoms with Gasteiger partial charge in [-0.1, -0.05) is 0 Å². The number of carbonyl (C=O) groups is 2. The van der Waals surface area contributed by atoms with E-state index in [4.69, 9.17) is 4.74 Å². The molecule has 2 amide bonds. The standard InChI is InChI=1S/C12H18N4O4/c17-10(18)12(1-3-20-4-2-12)8-14-11(19)13-5-9-6-15-16-7-9/h6-7H,1-5,8H2,(H,15,16)(H,17,18)(H2,13,14,19). The Labute approximate surface area is 115 Å². The molecular formula is C12H18N4O4. The molecule has 0 unspecified atom stereocenters. The number of aliphatic carboxylic acids is 1. The molecule has 20 heavy (non-hydrogen) atoms. The third-order valence-corrected chi connectivity index (χ3v) is 3.50. The lowest BCUT2D eigenvalue weighted by Crippen LogP contribution is -2.48. The van der Waals surface area contributed by atoms with E-state index in [1.165, 1.54) is 0 Å². The molecule has 1 aliphatic rings. The summed E-state index contributed by atoms with van der Waals surface area (Å²) in [5.41, 5.74) is -0.0789. The highest BCUT2D eigenvalue weighted by molar-refractivity contribution is 5.78. The number of carbonyl (C=O) groups excluding carboxylic acids is 1. The van der Waals surface area contributed by atoms with Crippen LogP contribution in [0.5, 0.6) is 0 Å². The molecule has 2 heterocycles. The Hall–Kier alpha value is -2.09. The monoisotopic (exact) mass is 282 g/mol. The van der Waals surface area contributed by atoms with E-state index >= 15 is 0 Å². The average molecular weight is 282 g/mol. The number of nitrogens with zero attached hydrogens (tertiary/aromatic N) is 1. The van der Waals surface area contributed by atoms with E-state index in [0.29, 0.717) is 32.6 Å². The summed E-state index contributed by atoms with van der Waals surface area (Å²) >= 11 is 0. The Morgan fingerprint density at radius 1 is 1.40 bits per heavy atom. The van der Waals surface area contributed by atoms with Crippen molar-refractivity contribution in [3.8, 4) is 0 Å². The smallest absolute Gasteiger partial charge is 0.315 e. The van der Waals surface area contributed by atoms with Gasteiger partial charge in [0.05, 0.1) is 11.6 Å². The number of rotatable bonds is 5. The number of ether oxygens (including phenoxy) is 1. The van der Waals surface area contributed by atoms with Gasteiger partial charge in [-0.25, -0.2) is 4.79 Å². The van der Waals surface area contributed by atoms with Crippen LogP contribution in [-0.2, 0) is 16.1 Å². The number of hydrogen-bond donors (Lipinski definition) is 4. The van der Waals surface area contributed by atoms with Crippen LogP contribution in [0.1, 0.15) is 18.4 Å². The maximum atomic E-state index is 11.7. The van der Waals surface area contributed by atoms with Crippen LogP contribution in [0.4, 0.5) is 4.79 Å². The quantitative estimate of drug-likeness (QED) is 0.610. The number of amides is 2. The maximum absolute atomic E-state index is 11.7. The zero-order valence-electron chi connectivity index (χ0n) is 11.0. The van der Waals surface area contributed by atoms with Crippen molar-refractivity contribution in [2.45, 2.75) is 19.4 Å². The van der Waals surface area contributed by atoms with Gasteiger partial charge >= 0.3 is 12.0 Å². The van der Waals surface area contributed by atoms with E-state index in [-0.39, 0.29) is 6.54 Å². The molecule has 1 saturated heterocycles. The van der Waals surface area contributed by atoms with Crippen molar-refractivity contribution in [2.24, 2.45) is 5.41 Å². The Bertz CT molecular complexity index is 454. The minimum Gasteiger partial charge on any atom is -0.481 e. The van der Waals surface area contributed by atoms with Gasteiger partial charge in [0.1, 0.15) is 0 Å². The summed E-state index contributed by atoms with van der Waals surface area (Å²) in [5.74, 6) is -0.893. The molecule has 1 fully saturated rings. The van der Waals surface area contributed by atoms with Crippen LogP contribution in [-0.4, -0.2) is 47.1 Å². The number of hydrogen-bond acceptors (Lipinski definition) is 4. The van der Waals surface area contributed by atoms with Crippen LogP contribution in [0.2, 0.25) is 0 Å². The fourth-order valence-corrected chi connectivity index (χ4v) is 2.10. The summed E-state index contributed by atoms with van der Waals surface area (Å²) in [6, 6.07) is -0.390. The minimum atomic E-state index is -0.925. The van der Waals surface area contributed by atoms with Gasteiger partial charge in [-0.15, -0.1) is 0 Å². The van der Waals surface area contributed by atoms with Gasteiger partial charge in [0.2, 0.25) is 0 Å². The van der Waals surface area contributed by atoms with Crippen LogP contribution in [0, 0.1) is 5.41 Å². The average Bonchev–Trinajstić information content (AvgIpc) is 2.97. The first-order valence-corrected chi connectivity index (χ1v) is 6.43. The lowest BCUT2D eigenvalue weighted by Gasteiger charge is -2.33. The second kappa shape index (κ2) is 6.38. The lowest BCUT2D eigenvalue weighted by atomic mass is 9.80. The largest absolute Gasteiger partial charge is 0.481 e. The highest BCUT2D eigenvalue weighted by Gasteiger charge is 2.40. The Balaban J connectivity index is 1.80. The Morgan fingerprint density at radius 3 is 2.75 bits per heavy atom. The van der Waals surface area contributed by atoms with E-state index < -0.39 is 17.4 Å². The minimum absolute atomic E-state index is 0.100. The van der Waals surface area contributed by atoms with Crippen molar-refractivity contribution in [3.63, 3.8) is 0 Å². The number of carboxylic acid groups (broad SMARTS) is 1. The van der Waals surface area contributed by atoms with Gasteiger partial charge in [-0.2, -0.15) is 5.10 Å². The number of H-pyrrole nitrogens is 1. The summed E-state index contributed by atoms with van der Waals surface area (Å²) in [6.45, 7) is 1.25. The first-order chi connectivity index (χ1) is 9.62. The van der Waals surface area contributed by atoms with E-state index in [0.717, 1.165) is 5.56 Å². The summed E-state index contributed by atoms with van der Waals surface area (Å²) in [7, 11) is 0. The topological polar surface area (TPSA) is 116 Å². The molecule has 8 heteroatoms. The molecule has 2 rings (SSSR count). The molecule has 1 aliphatic heterocycles. The van der Waals surface area contributed by atoms with Gasteiger partial charge in [0, 0.05) is 38.1 Å². The summed E-state index contributed by atoms with van der Waals surface area (Å²) in [5, 5.41) is 21.0. The Morgan fingerprint density at radius 2 is 2.15 bits per heavy atom. The molecule has 0 bridgehead atoms. The molecule has 8 nitrogen and oxygen atoms in total. The van der Waals surface area contributed by atoms with Crippen LogP contribution in [0.15, 0.2) is 12.4 Å². The second-order valence-corrected chi connectivity index (χ2v) is 4.84. The molecule has 0 radical (unpaired) electrons. The predicted octanol–water partition coefficient (Wildman–Crippen LogP) is 0.0903. The van der Waals surface area contributed by atoms with Gasteiger partial charge < -0.3 is 20.5 Å².